The summed E-state index contributed by atoms with van der Waals surface area (Å²) >= 11 is 0. The van der Waals surface area contributed by atoms with Gasteiger partial charge >= 0.3 is 0 Å². The van der Waals surface area contributed by atoms with Crippen LogP contribution in [0.25, 0.3) is 0 Å². The largest absolute Gasteiger partial charge is 0.370 e. The summed E-state index contributed by atoms with van der Waals surface area (Å²) in [5.74, 6) is 0.897. The molecule has 0 unspecified atom stereocenters. The van der Waals surface area contributed by atoms with Crippen molar-refractivity contribution in [2.45, 2.75) is 32.7 Å². The molecular formula is C13H21N3. The molecule has 0 aliphatic heterocycles. The molecule has 0 aromatic carbocycles. The van der Waals surface area contributed by atoms with E-state index in [1.54, 1.807) is 0 Å². The lowest BCUT2D eigenvalue weighted by molar-refractivity contribution is 0.318. The van der Waals surface area contributed by atoms with Crippen molar-refractivity contribution in [1.82, 2.24) is 4.98 Å². The first-order valence-corrected chi connectivity index (χ1v) is 6.23. The molecule has 0 atom stereocenters. The van der Waals surface area contributed by atoms with E-state index < -0.39 is 0 Å². The summed E-state index contributed by atoms with van der Waals surface area (Å²) < 4.78 is 0. The quantitative estimate of drug-likeness (QED) is 0.825. The van der Waals surface area contributed by atoms with Crippen LogP contribution in [0.5, 0.6) is 0 Å². The molecule has 1 aliphatic rings. The maximum atomic E-state index is 5.54. The van der Waals surface area contributed by atoms with Gasteiger partial charge in [-0.15, -0.1) is 0 Å². The number of aromatic nitrogens is 1. The summed E-state index contributed by atoms with van der Waals surface area (Å²) in [4.78, 5) is 6.76. The fraction of sp³-hybridized carbons (Fsp3) is 0.615. The van der Waals surface area contributed by atoms with Crippen molar-refractivity contribution in [1.29, 1.82) is 0 Å². The van der Waals surface area contributed by atoms with E-state index in [-0.39, 0.29) is 0 Å². The second kappa shape index (κ2) is 5.30. The number of pyridine rings is 1. The highest BCUT2D eigenvalue weighted by Gasteiger charge is 2.20. The fourth-order valence-electron chi connectivity index (χ4n) is 2.13. The highest BCUT2D eigenvalue weighted by atomic mass is 15.1. The second-order valence-corrected chi connectivity index (χ2v) is 4.55. The van der Waals surface area contributed by atoms with E-state index in [0.29, 0.717) is 6.54 Å². The van der Waals surface area contributed by atoms with Crippen LogP contribution in [0.15, 0.2) is 18.3 Å². The molecule has 1 saturated carbocycles. The first-order chi connectivity index (χ1) is 7.83. The van der Waals surface area contributed by atoms with Crippen molar-refractivity contribution in [3.63, 3.8) is 0 Å². The van der Waals surface area contributed by atoms with E-state index in [0.717, 1.165) is 18.2 Å². The number of nitrogens with two attached hydrogens (primary N) is 1. The molecule has 0 saturated heterocycles. The van der Waals surface area contributed by atoms with E-state index in [1.165, 1.54) is 31.5 Å². The Labute approximate surface area is 97.7 Å². The van der Waals surface area contributed by atoms with E-state index in [4.69, 9.17) is 5.73 Å². The summed E-state index contributed by atoms with van der Waals surface area (Å²) in [7, 11) is 0. The van der Waals surface area contributed by atoms with Gasteiger partial charge in [-0.3, -0.25) is 4.98 Å². The van der Waals surface area contributed by atoms with Gasteiger partial charge < -0.3 is 10.6 Å². The van der Waals surface area contributed by atoms with Gasteiger partial charge in [0, 0.05) is 19.6 Å². The van der Waals surface area contributed by atoms with Crippen LogP contribution in [0.2, 0.25) is 0 Å². The molecule has 1 aliphatic carbocycles. The number of rotatable bonds is 5. The first-order valence-electron chi connectivity index (χ1n) is 6.23. The molecule has 3 nitrogen and oxygen atoms in total. The Kier molecular flexibility index (Phi) is 3.78. The highest BCUT2D eigenvalue weighted by Crippen LogP contribution is 2.28. The maximum absolute atomic E-state index is 5.54. The molecule has 2 rings (SSSR count). The molecule has 1 fully saturated rings. The van der Waals surface area contributed by atoms with Gasteiger partial charge in [0.1, 0.15) is 0 Å². The molecule has 1 aromatic rings. The molecule has 2 N–H and O–H groups in total. The summed E-state index contributed by atoms with van der Waals surface area (Å²) in [6, 6.07) is 4.16. The van der Waals surface area contributed by atoms with Crippen molar-refractivity contribution in [3.8, 4) is 0 Å². The number of nitrogens with zero attached hydrogens (tertiary/aromatic N) is 2. The monoisotopic (exact) mass is 219 g/mol. The SMILES string of the molecule is CCN(CC1CCC1)c1ccc(CN)nc1. The summed E-state index contributed by atoms with van der Waals surface area (Å²) in [6.07, 6.45) is 6.15. The molecule has 3 heteroatoms. The van der Waals surface area contributed by atoms with Crippen LogP contribution >= 0.6 is 0 Å². The predicted molar refractivity (Wildman–Crippen MR) is 67.4 cm³/mol. The third kappa shape index (κ3) is 2.53. The van der Waals surface area contributed by atoms with Crippen molar-refractivity contribution in [3.05, 3.63) is 24.0 Å². The molecule has 1 aromatic heterocycles. The summed E-state index contributed by atoms with van der Waals surface area (Å²) in [5, 5.41) is 0. The van der Waals surface area contributed by atoms with Crippen molar-refractivity contribution in [2.75, 3.05) is 18.0 Å². The molecule has 0 spiro atoms. The zero-order valence-electron chi connectivity index (χ0n) is 10.0. The lowest BCUT2D eigenvalue weighted by atomic mass is 9.85. The van der Waals surface area contributed by atoms with Gasteiger partial charge in [0.05, 0.1) is 17.6 Å². The lowest BCUT2D eigenvalue weighted by Gasteiger charge is -2.33. The van der Waals surface area contributed by atoms with Crippen molar-refractivity contribution in [2.24, 2.45) is 11.7 Å². The Hall–Kier alpha value is -1.09. The van der Waals surface area contributed by atoms with Crippen LogP contribution in [0.3, 0.4) is 0 Å². The van der Waals surface area contributed by atoms with E-state index in [9.17, 15) is 0 Å². The topological polar surface area (TPSA) is 42.1 Å². The normalized spacial score (nSPS) is 15.9. The molecule has 16 heavy (non-hydrogen) atoms. The molecule has 0 bridgehead atoms. The van der Waals surface area contributed by atoms with Crippen LogP contribution in [0.1, 0.15) is 31.9 Å². The molecular weight excluding hydrogens is 198 g/mol. The van der Waals surface area contributed by atoms with Crippen LogP contribution < -0.4 is 10.6 Å². The molecule has 0 amide bonds. The van der Waals surface area contributed by atoms with Crippen molar-refractivity contribution < 1.29 is 0 Å². The average Bonchev–Trinajstić information content (AvgIpc) is 2.28. The Morgan fingerprint density at radius 2 is 2.25 bits per heavy atom. The van der Waals surface area contributed by atoms with Gasteiger partial charge in [-0.2, -0.15) is 0 Å². The molecule has 0 radical (unpaired) electrons. The second-order valence-electron chi connectivity index (χ2n) is 4.55. The Morgan fingerprint density at radius 3 is 2.69 bits per heavy atom. The lowest BCUT2D eigenvalue weighted by Crippen LogP contribution is -2.32. The van der Waals surface area contributed by atoms with Crippen LogP contribution in [-0.4, -0.2) is 18.1 Å². The van der Waals surface area contributed by atoms with Crippen LogP contribution in [-0.2, 0) is 6.54 Å². The van der Waals surface area contributed by atoms with Gasteiger partial charge in [-0.1, -0.05) is 6.42 Å². The van der Waals surface area contributed by atoms with Gasteiger partial charge in [-0.05, 0) is 37.8 Å². The summed E-state index contributed by atoms with van der Waals surface area (Å²) in [6.45, 7) is 4.96. The van der Waals surface area contributed by atoms with Gasteiger partial charge in [0.25, 0.3) is 0 Å². The third-order valence-electron chi connectivity index (χ3n) is 3.47. The first kappa shape index (κ1) is 11.4. The molecule has 88 valence electrons. The number of anilines is 1. The van der Waals surface area contributed by atoms with E-state index in [1.807, 2.05) is 12.3 Å². The minimum Gasteiger partial charge on any atom is -0.370 e. The zero-order valence-corrected chi connectivity index (χ0v) is 10.0. The van der Waals surface area contributed by atoms with Gasteiger partial charge in [-0.25, -0.2) is 0 Å². The fourth-order valence-corrected chi connectivity index (χ4v) is 2.13. The Bertz CT molecular complexity index is 316. The Balaban J connectivity index is 2.00. The maximum Gasteiger partial charge on any atom is 0.0552 e. The standard InChI is InChI=1S/C13H21N3/c1-2-16(10-11-4-3-5-11)13-7-6-12(8-14)15-9-13/h6-7,9,11H,2-5,8,10,14H2,1H3. The zero-order chi connectivity index (χ0) is 11.4. The van der Waals surface area contributed by atoms with E-state index in [2.05, 4.69) is 22.9 Å². The summed E-state index contributed by atoms with van der Waals surface area (Å²) in [5.41, 5.74) is 7.73. The Morgan fingerprint density at radius 1 is 1.44 bits per heavy atom. The minimum absolute atomic E-state index is 0.523. The minimum atomic E-state index is 0.523. The van der Waals surface area contributed by atoms with Crippen LogP contribution in [0, 0.1) is 5.92 Å². The van der Waals surface area contributed by atoms with Crippen LogP contribution in [0.4, 0.5) is 5.69 Å². The predicted octanol–water partition coefficient (Wildman–Crippen LogP) is 2.17. The number of hydrogen-bond donors (Lipinski definition) is 1. The molecule has 1 heterocycles. The van der Waals surface area contributed by atoms with E-state index >= 15 is 0 Å². The van der Waals surface area contributed by atoms with Gasteiger partial charge in [0.2, 0.25) is 0 Å². The third-order valence-corrected chi connectivity index (χ3v) is 3.47. The van der Waals surface area contributed by atoms with Crippen molar-refractivity contribution >= 4 is 5.69 Å². The smallest absolute Gasteiger partial charge is 0.0552 e. The average molecular weight is 219 g/mol. The highest BCUT2D eigenvalue weighted by molar-refractivity contribution is 5.44. The van der Waals surface area contributed by atoms with Gasteiger partial charge in [0.15, 0.2) is 0 Å². The number of hydrogen-bond acceptors (Lipinski definition) is 3.